The molecule has 2 aromatic rings. The van der Waals surface area contributed by atoms with Gasteiger partial charge in [0.1, 0.15) is 5.82 Å². The molecule has 0 saturated heterocycles. The Morgan fingerprint density at radius 2 is 2.22 bits per heavy atom. The van der Waals surface area contributed by atoms with Crippen LogP contribution < -0.4 is 5.32 Å². The first-order valence-corrected chi connectivity index (χ1v) is 6.40. The predicted octanol–water partition coefficient (Wildman–Crippen LogP) is 2.40. The molecule has 0 fully saturated rings. The molecule has 5 heteroatoms. The molecule has 4 nitrogen and oxygen atoms in total. The number of aryl methyl sites for hydroxylation is 1. The summed E-state index contributed by atoms with van der Waals surface area (Å²) in [4.78, 5) is 8.36. The van der Waals surface area contributed by atoms with E-state index >= 15 is 0 Å². The number of nitrogens with zero attached hydrogens (tertiary/aromatic N) is 3. The molecular weight excluding hydrogens is 248 g/mol. The van der Waals surface area contributed by atoms with Gasteiger partial charge in [0.2, 0.25) is 0 Å². The number of hydrogen-bond donors (Lipinski definition) is 1. The monoisotopic (exact) mass is 264 g/mol. The number of aromatic nitrogens is 3. The summed E-state index contributed by atoms with van der Waals surface area (Å²) in [7, 11) is 0. The average Bonchev–Trinajstić information content (AvgIpc) is 2.71. The summed E-state index contributed by atoms with van der Waals surface area (Å²) in [6, 6.07) is 1.94. The number of rotatable bonds is 5. The summed E-state index contributed by atoms with van der Waals surface area (Å²) in [6.07, 6.45) is 5.34. The molecule has 0 amide bonds. The third kappa shape index (κ3) is 2.89. The van der Waals surface area contributed by atoms with Crippen molar-refractivity contribution in [3.63, 3.8) is 0 Å². The smallest absolute Gasteiger partial charge is 0.106 e. The van der Waals surface area contributed by atoms with E-state index in [4.69, 9.17) is 11.6 Å². The molecule has 0 radical (unpaired) electrons. The molecule has 96 valence electrons. The lowest BCUT2D eigenvalue weighted by molar-refractivity contribution is 0.646. The van der Waals surface area contributed by atoms with Gasteiger partial charge in [0, 0.05) is 25.1 Å². The Labute approximate surface area is 112 Å². The number of nitrogens with one attached hydrogen (secondary N) is 1. The zero-order valence-electron chi connectivity index (χ0n) is 10.7. The van der Waals surface area contributed by atoms with Gasteiger partial charge in [-0.15, -0.1) is 0 Å². The highest BCUT2D eigenvalue weighted by Gasteiger charge is 2.08. The van der Waals surface area contributed by atoms with Crippen molar-refractivity contribution >= 4 is 11.6 Å². The summed E-state index contributed by atoms with van der Waals surface area (Å²) in [5.74, 6) is 0.996. The largest absolute Gasteiger partial charge is 0.327 e. The highest BCUT2D eigenvalue weighted by Crippen LogP contribution is 2.17. The van der Waals surface area contributed by atoms with Gasteiger partial charge in [0.05, 0.1) is 17.3 Å². The highest BCUT2D eigenvalue weighted by atomic mass is 35.5. The fraction of sp³-hybridized carbons (Fsp3) is 0.385. The lowest BCUT2D eigenvalue weighted by Gasteiger charge is -2.11. The number of pyridine rings is 1. The molecule has 1 N–H and O–H groups in total. The van der Waals surface area contributed by atoms with E-state index in [-0.39, 0.29) is 0 Å². The second kappa shape index (κ2) is 5.98. The van der Waals surface area contributed by atoms with Gasteiger partial charge in [-0.1, -0.05) is 18.5 Å². The number of hydrogen-bond acceptors (Lipinski definition) is 3. The van der Waals surface area contributed by atoms with Crippen molar-refractivity contribution in [1.82, 2.24) is 19.9 Å². The van der Waals surface area contributed by atoms with Crippen LogP contribution in [0.4, 0.5) is 0 Å². The molecule has 0 aliphatic carbocycles. The van der Waals surface area contributed by atoms with Crippen LogP contribution in [-0.4, -0.2) is 21.1 Å². The summed E-state index contributed by atoms with van der Waals surface area (Å²) >= 11 is 6.14. The van der Waals surface area contributed by atoms with E-state index < -0.39 is 0 Å². The Morgan fingerprint density at radius 1 is 1.39 bits per heavy atom. The van der Waals surface area contributed by atoms with Crippen LogP contribution in [0.5, 0.6) is 0 Å². The van der Waals surface area contributed by atoms with Crippen LogP contribution in [0.15, 0.2) is 24.7 Å². The Balaban J connectivity index is 2.23. The van der Waals surface area contributed by atoms with E-state index in [1.165, 1.54) is 5.69 Å². The third-order valence-corrected chi connectivity index (χ3v) is 3.22. The molecule has 18 heavy (non-hydrogen) atoms. The van der Waals surface area contributed by atoms with Crippen molar-refractivity contribution in [1.29, 1.82) is 0 Å². The van der Waals surface area contributed by atoms with Crippen LogP contribution >= 0.6 is 11.6 Å². The Hall–Kier alpha value is -1.39. The van der Waals surface area contributed by atoms with E-state index in [2.05, 4.69) is 26.8 Å². The number of imidazole rings is 1. The van der Waals surface area contributed by atoms with Gasteiger partial charge < -0.3 is 9.88 Å². The topological polar surface area (TPSA) is 42.7 Å². The maximum absolute atomic E-state index is 6.14. The van der Waals surface area contributed by atoms with E-state index in [1.54, 1.807) is 12.4 Å². The summed E-state index contributed by atoms with van der Waals surface area (Å²) in [6.45, 7) is 6.59. The second-order valence-electron chi connectivity index (χ2n) is 4.13. The molecule has 0 aliphatic rings. The lowest BCUT2D eigenvalue weighted by Crippen LogP contribution is -2.16. The first-order valence-electron chi connectivity index (χ1n) is 6.02. The molecule has 0 atom stereocenters. The van der Waals surface area contributed by atoms with Crippen LogP contribution in [0.2, 0.25) is 5.02 Å². The van der Waals surface area contributed by atoms with Crippen LogP contribution in [-0.2, 0) is 13.1 Å². The highest BCUT2D eigenvalue weighted by molar-refractivity contribution is 6.31. The molecule has 0 saturated carbocycles. The minimum atomic E-state index is 0.694. The first kappa shape index (κ1) is 13.1. The molecule has 2 rings (SSSR count). The summed E-state index contributed by atoms with van der Waals surface area (Å²) in [5, 5.41) is 4.01. The molecular formula is C13H17ClN4. The fourth-order valence-corrected chi connectivity index (χ4v) is 2.01. The molecule has 0 aliphatic heterocycles. The molecule has 0 bridgehead atoms. The van der Waals surface area contributed by atoms with Crippen LogP contribution in [0.25, 0.3) is 0 Å². The van der Waals surface area contributed by atoms with Crippen molar-refractivity contribution in [2.75, 3.05) is 6.54 Å². The molecule has 2 heterocycles. The van der Waals surface area contributed by atoms with E-state index in [0.29, 0.717) is 5.02 Å². The predicted molar refractivity (Wildman–Crippen MR) is 72.7 cm³/mol. The van der Waals surface area contributed by atoms with Gasteiger partial charge in [0.15, 0.2) is 0 Å². The summed E-state index contributed by atoms with van der Waals surface area (Å²) < 4.78 is 2.17. The Morgan fingerprint density at radius 3 is 2.94 bits per heavy atom. The van der Waals surface area contributed by atoms with Crippen molar-refractivity contribution in [2.45, 2.75) is 26.9 Å². The van der Waals surface area contributed by atoms with E-state index in [0.717, 1.165) is 31.0 Å². The van der Waals surface area contributed by atoms with Crippen LogP contribution in [0.1, 0.15) is 24.0 Å². The third-order valence-electron chi connectivity index (χ3n) is 2.88. The summed E-state index contributed by atoms with van der Waals surface area (Å²) in [5.41, 5.74) is 2.23. The molecule has 0 spiro atoms. The minimum absolute atomic E-state index is 0.694. The van der Waals surface area contributed by atoms with Gasteiger partial charge in [-0.2, -0.15) is 0 Å². The van der Waals surface area contributed by atoms with Crippen molar-refractivity contribution < 1.29 is 0 Å². The minimum Gasteiger partial charge on any atom is -0.327 e. The average molecular weight is 265 g/mol. The van der Waals surface area contributed by atoms with E-state index in [1.807, 2.05) is 19.2 Å². The SMILES string of the molecule is CCNCc1cnc(C)n1Cc1ccncc1Cl. The van der Waals surface area contributed by atoms with Crippen molar-refractivity contribution in [2.24, 2.45) is 0 Å². The zero-order chi connectivity index (χ0) is 13.0. The van der Waals surface area contributed by atoms with Crippen LogP contribution in [0, 0.1) is 6.92 Å². The van der Waals surface area contributed by atoms with Crippen molar-refractivity contribution in [3.05, 3.63) is 46.8 Å². The zero-order valence-corrected chi connectivity index (χ0v) is 11.4. The quantitative estimate of drug-likeness (QED) is 0.902. The van der Waals surface area contributed by atoms with Gasteiger partial charge in [-0.25, -0.2) is 4.98 Å². The molecule has 2 aromatic heterocycles. The number of halogens is 1. The standard InChI is InChI=1S/C13H17ClN4/c1-3-15-6-12-7-17-10(2)18(12)9-11-4-5-16-8-13(11)14/h4-5,7-8,15H,3,6,9H2,1-2H3. The molecule has 0 aromatic carbocycles. The normalized spacial score (nSPS) is 10.8. The first-order chi connectivity index (χ1) is 8.72. The van der Waals surface area contributed by atoms with Gasteiger partial charge in [-0.3, -0.25) is 4.98 Å². The maximum atomic E-state index is 6.14. The van der Waals surface area contributed by atoms with Gasteiger partial charge >= 0.3 is 0 Å². The van der Waals surface area contributed by atoms with Gasteiger partial charge in [-0.05, 0) is 25.1 Å². The fourth-order valence-electron chi connectivity index (χ4n) is 1.83. The Bertz CT molecular complexity index is 521. The van der Waals surface area contributed by atoms with Crippen molar-refractivity contribution in [3.8, 4) is 0 Å². The second-order valence-corrected chi connectivity index (χ2v) is 4.54. The van der Waals surface area contributed by atoms with E-state index in [9.17, 15) is 0 Å². The van der Waals surface area contributed by atoms with Gasteiger partial charge in [0.25, 0.3) is 0 Å². The Kier molecular flexibility index (Phi) is 4.33. The maximum Gasteiger partial charge on any atom is 0.106 e. The molecule has 0 unspecified atom stereocenters. The van der Waals surface area contributed by atoms with Crippen LogP contribution in [0.3, 0.4) is 0 Å². The lowest BCUT2D eigenvalue weighted by atomic mass is 10.2.